The minimum absolute atomic E-state index is 0. The van der Waals surface area contributed by atoms with E-state index in [2.05, 4.69) is 10.6 Å². The standard InChI is InChI=1S/C16H20ClF3N2O2.ClH/c1-2-16(19,20)15(23)22-9-11-8-21-5-6-24-14(11)10-3-4-12(17)13(18)7-10;/h3-4,7,11,14,21H,2,5-6,8-9H2,1H3,(H,22,23);1H/t11-,14-;/m0./s1. The lowest BCUT2D eigenvalue weighted by Gasteiger charge is -2.26. The molecule has 0 saturated carbocycles. The Labute approximate surface area is 155 Å². The zero-order chi connectivity index (χ0) is 17.7. The number of rotatable bonds is 5. The molecule has 9 heteroatoms. The molecular weight excluding hydrogens is 380 g/mol. The van der Waals surface area contributed by atoms with E-state index in [0.29, 0.717) is 25.3 Å². The molecule has 1 aromatic rings. The molecule has 2 N–H and O–H groups in total. The van der Waals surface area contributed by atoms with E-state index in [-0.39, 0.29) is 29.9 Å². The van der Waals surface area contributed by atoms with Crippen molar-refractivity contribution in [3.05, 3.63) is 34.6 Å². The van der Waals surface area contributed by atoms with E-state index in [0.717, 1.165) is 0 Å². The van der Waals surface area contributed by atoms with Gasteiger partial charge in [-0.25, -0.2) is 4.39 Å². The Hall–Kier alpha value is -1.02. The van der Waals surface area contributed by atoms with Gasteiger partial charge in [-0.3, -0.25) is 4.79 Å². The lowest BCUT2D eigenvalue weighted by molar-refractivity contribution is -0.146. The van der Waals surface area contributed by atoms with Crippen LogP contribution in [0.1, 0.15) is 25.0 Å². The van der Waals surface area contributed by atoms with Crippen LogP contribution < -0.4 is 10.6 Å². The topological polar surface area (TPSA) is 50.4 Å². The molecule has 1 fully saturated rings. The van der Waals surface area contributed by atoms with Crippen LogP contribution in [0, 0.1) is 11.7 Å². The molecule has 0 radical (unpaired) electrons. The van der Waals surface area contributed by atoms with Crippen LogP contribution >= 0.6 is 24.0 Å². The molecule has 1 aliphatic rings. The fourth-order valence-corrected chi connectivity index (χ4v) is 2.66. The average molecular weight is 401 g/mol. The molecule has 2 atom stereocenters. The molecule has 2 rings (SSSR count). The van der Waals surface area contributed by atoms with Gasteiger partial charge in [-0.05, 0) is 17.7 Å². The molecule has 1 amide bonds. The van der Waals surface area contributed by atoms with Crippen molar-refractivity contribution in [2.45, 2.75) is 25.4 Å². The van der Waals surface area contributed by atoms with E-state index in [9.17, 15) is 18.0 Å². The van der Waals surface area contributed by atoms with Crippen molar-refractivity contribution < 1.29 is 22.7 Å². The van der Waals surface area contributed by atoms with E-state index >= 15 is 0 Å². The number of hydrogen-bond acceptors (Lipinski definition) is 3. The van der Waals surface area contributed by atoms with Crippen molar-refractivity contribution in [2.75, 3.05) is 26.2 Å². The third kappa shape index (κ3) is 5.74. The van der Waals surface area contributed by atoms with Gasteiger partial charge < -0.3 is 15.4 Å². The van der Waals surface area contributed by atoms with Crippen LogP contribution in [-0.4, -0.2) is 38.1 Å². The molecular formula is C16H21Cl2F3N2O2. The van der Waals surface area contributed by atoms with Crippen LogP contribution in [0.15, 0.2) is 18.2 Å². The fourth-order valence-electron chi connectivity index (χ4n) is 2.54. The zero-order valence-electron chi connectivity index (χ0n) is 13.7. The molecule has 142 valence electrons. The second kappa shape index (κ2) is 9.62. The molecule has 4 nitrogen and oxygen atoms in total. The van der Waals surface area contributed by atoms with E-state index in [1.165, 1.54) is 19.1 Å². The second-order valence-corrected chi connectivity index (χ2v) is 6.10. The molecule has 1 aromatic carbocycles. The van der Waals surface area contributed by atoms with Crippen molar-refractivity contribution in [1.82, 2.24) is 10.6 Å². The summed E-state index contributed by atoms with van der Waals surface area (Å²) in [5.74, 6) is -5.60. The number of amides is 1. The maximum Gasteiger partial charge on any atom is 0.324 e. The average Bonchev–Trinajstić information content (AvgIpc) is 2.80. The van der Waals surface area contributed by atoms with Crippen LogP contribution in [0.25, 0.3) is 0 Å². The van der Waals surface area contributed by atoms with Gasteiger partial charge in [0.1, 0.15) is 5.82 Å². The van der Waals surface area contributed by atoms with E-state index < -0.39 is 30.2 Å². The first-order valence-corrected chi connectivity index (χ1v) is 8.16. The summed E-state index contributed by atoms with van der Waals surface area (Å²) in [5.41, 5.74) is 0.558. The van der Waals surface area contributed by atoms with Crippen LogP contribution in [0.5, 0.6) is 0 Å². The first-order valence-electron chi connectivity index (χ1n) is 7.78. The molecule has 0 bridgehead atoms. The van der Waals surface area contributed by atoms with E-state index in [4.69, 9.17) is 16.3 Å². The highest BCUT2D eigenvalue weighted by Crippen LogP contribution is 2.29. The first-order chi connectivity index (χ1) is 11.3. The summed E-state index contributed by atoms with van der Waals surface area (Å²) >= 11 is 5.69. The molecule has 1 saturated heterocycles. The normalized spacial score (nSPS) is 21.2. The summed E-state index contributed by atoms with van der Waals surface area (Å²) in [6, 6.07) is 4.33. The Morgan fingerprint density at radius 3 is 2.84 bits per heavy atom. The van der Waals surface area contributed by atoms with Crippen LogP contribution in [0.2, 0.25) is 5.02 Å². The van der Waals surface area contributed by atoms with Crippen molar-refractivity contribution in [3.63, 3.8) is 0 Å². The maximum absolute atomic E-state index is 13.7. The van der Waals surface area contributed by atoms with Crippen molar-refractivity contribution >= 4 is 29.9 Å². The third-order valence-electron chi connectivity index (χ3n) is 3.98. The van der Waals surface area contributed by atoms with Crippen LogP contribution in [0.4, 0.5) is 13.2 Å². The summed E-state index contributed by atoms with van der Waals surface area (Å²) in [6.45, 7) is 2.67. The van der Waals surface area contributed by atoms with Gasteiger partial charge in [-0.1, -0.05) is 24.6 Å². The quantitative estimate of drug-likeness (QED) is 0.796. The van der Waals surface area contributed by atoms with Crippen LogP contribution in [-0.2, 0) is 9.53 Å². The van der Waals surface area contributed by atoms with Gasteiger partial charge >= 0.3 is 5.92 Å². The molecule has 0 unspecified atom stereocenters. The smallest absolute Gasteiger partial charge is 0.324 e. The lowest BCUT2D eigenvalue weighted by Crippen LogP contribution is -2.44. The Morgan fingerprint density at radius 2 is 2.20 bits per heavy atom. The van der Waals surface area contributed by atoms with Gasteiger partial charge in [0.25, 0.3) is 5.91 Å². The number of halogens is 5. The Balaban J connectivity index is 0.00000312. The summed E-state index contributed by atoms with van der Waals surface area (Å²) in [7, 11) is 0. The van der Waals surface area contributed by atoms with Gasteiger partial charge in [0.05, 0.1) is 17.7 Å². The molecule has 0 aliphatic carbocycles. The highest BCUT2D eigenvalue weighted by atomic mass is 35.5. The largest absolute Gasteiger partial charge is 0.372 e. The van der Waals surface area contributed by atoms with Crippen molar-refractivity contribution in [2.24, 2.45) is 5.92 Å². The fraction of sp³-hybridized carbons (Fsp3) is 0.562. The predicted molar refractivity (Wildman–Crippen MR) is 92.0 cm³/mol. The number of alkyl halides is 2. The van der Waals surface area contributed by atoms with Gasteiger partial charge in [-0.2, -0.15) is 8.78 Å². The van der Waals surface area contributed by atoms with Crippen LogP contribution in [0.3, 0.4) is 0 Å². The van der Waals surface area contributed by atoms with Gasteiger partial charge in [-0.15, -0.1) is 12.4 Å². The second-order valence-electron chi connectivity index (χ2n) is 5.70. The molecule has 1 aliphatic heterocycles. The minimum Gasteiger partial charge on any atom is -0.372 e. The van der Waals surface area contributed by atoms with Crippen molar-refractivity contribution in [1.29, 1.82) is 0 Å². The highest BCUT2D eigenvalue weighted by molar-refractivity contribution is 6.30. The van der Waals surface area contributed by atoms with Gasteiger partial charge in [0, 0.05) is 32.0 Å². The number of ether oxygens (including phenoxy) is 1. The molecule has 0 spiro atoms. The molecule has 1 heterocycles. The minimum atomic E-state index is -3.40. The summed E-state index contributed by atoms with van der Waals surface area (Å²) in [4.78, 5) is 11.6. The van der Waals surface area contributed by atoms with Gasteiger partial charge in [0.2, 0.25) is 0 Å². The number of benzene rings is 1. The highest BCUT2D eigenvalue weighted by Gasteiger charge is 2.37. The number of carbonyl (C=O) groups is 1. The first kappa shape index (κ1) is 22.0. The van der Waals surface area contributed by atoms with E-state index in [1.54, 1.807) is 6.07 Å². The maximum atomic E-state index is 13.7. The Kier molecular flexibility index (Phi) is 8.47. The zero-order valence-corrected chi connectivity index (χ0v) is 15.2. The van der Waals surface area contributed by atoms with E-state index in [1.807, 2.05) is 0 Å². The Morgan fingerprint density at radius 1 is 1.48 bits per heavy atom. The number of carbonyl (C=O) groups excluding carboxylic acids is 1. The number of nitrogens with one attached hydrogen (secondary N) is 2. The predicted octanol–water partition coefficient (Wildman–Crippen LogP) is 3.34. The van der Waals surface area contributed by atoms with Crippen molar-refractivity contribution in [3.8, 4) is 0 Å². The Bertz CT molecular complexity index is 590. The summed E-state index contributed by atoms with van der Waals surface area (Å²) in [6.07, 6.45) is -1.09. The van der Waals surface area contributed by atoms with Gasteiger partial charge in [0.15, 0.2) is 0 Å². The monoisotopic (exact) mass is 400 g/mol. The summed E-state index contributed by atoms with van der Waals surface area (Å²) in [5, 5.41) is 5.38. The molecule has 25 heavy (non-hydrogen) atoms. The SMILES string of the molecule is CCC(F)(F)C(=O)NC[C@@H]1CNCCO[C@H]1c1ccc(Cl)c(F)c1.Cl. The lowest BCUT2D eigenvalue weighted by atomic mass is 9.95. The molecule has 0 aromatic heterocycles. The summed E-state index contributed by atoms with van der Waals surface area (Å²) < 4.78 is 46.2. The number of hydrogen-bond donors (Lipinski definition) is 2. The third-order valence-corrected chi connectivity index (χ3v) is 4.29.